The van der Waals surface area contributed by atoms with E-state index in [1.807, 2.05) is 41.3 Å². The van der Waals surface area contributed by atoms with E-state index in [4.69, 9.17) is 4.74 Å². The van der Waals surface area contributed by atoms with Crippen molar-refractivity contribution >= 4 is 5.91 Å². The van der Waals surface area contributed by atoms with Gasteiger partial charge in [-0.05, 0) is 36.6 Å². The number of para-hydroxylation sites is 1. The van der Waals surface area contributed by atoms with Gasteiger partial charge in [0.25, 0.3) is 0 Å². The Labute approximate surface area is 131 Å². The van der Waals surface area contributed by atoms with Crippen LogP contribution in [0.2, 0.25) is 0 Å². The molecule has 3 rings (SSSR count). The van der Waals surface area contributed by atoms with Gasteiger partial charge in [-0.1, -0.05) is 42.5 Å². The van der Waals surface area contributed by atoms with Gasteiger partial charge in [0.2, 0.25) is 5.91 Å². The van der Waals surface area contributed by atoms with E-state index >= 15 is 0 Å². The standard InChI is InChI=1S/C19H21NO2/c1-15-13-16-7-5-6-8-17(16)14-20(15)19(21)11-12-22-18-9-3-2-4-10-18/h2-10,15H,11-14H2,1H3. The van der Waals surface area contributed by atoms with Crippen molar-refractivity contribution < 1.29 is 9.53 Å². The largest absolute Gasteiger partial charge is 0.493 e. The summed E-state index contributed by atoms with van der Waals surface area (Å²) in [7, 11) is 0. The maximum absolute atomic E-state index is 12.5. The van der Waals surface area contributed by atoms with Crippen molar-refractivity contribution in [2.24, 2.45) is 0 Å². The number of nitrogens with zero attached hydrogens (tertiary/aromatic N) is 1. The van der Waals surface area contributed by atoms with Gasteiger partial charge in [0.05, 0.1) is 13.0 Å². The molecule has 1 aliphatic rings. The molecule has 2 aromatic carbocycles. The van der Waals surface area contributed by atoms with E-state index in [-0.39, 0.29) is 11.9 Å². The summed E-state index contributed by atoms with van der Waals surface area (Å²) < 4.78 is 5.62. The molecule has 22 heavy (non-hydrogen) atoms. The second-order valence-electron chi connectivity index (χ2n) is 5.76. The van der Waals surface area contributed by atoms with E-state index in [1.165, 1.54) is 11.1 Å². The minimum absolute atomic E-state index is 0.165. The van der Waals surface area contributed by atoms with Crippen LogP contribution in [0, 0.1) is 0 Å². The van der Waals surface area contributed by atoms with Crippen LogP contribution in [0.25, 0.3) is 0 Å². The third-order valence-electron chi connectivity index (χ3n) is 4.15. The van der Waals surface area contributed by atoms with Crippen LogP contribution in [0.5, 0.6) is 5.75 Å². The van der Waals surface area contributed by atoms with E-state index in [2.05, 4.69) is 25.1 Å². The monoisotopic (exact) mass is 295 g/mol. The second kappa shape index (κ2) is 6.65. The number of fused-ring (bicyclic) bond motifs is 1. The highest BCUT2D eigenvalue weighted by atomic mass is 16.5. The molecule has 114 valence electrons. The fraction of sp³-hybridized carbons (Fsp3) is 0.316. The van der Waals surface area contributed by atoms with Crippen molar-refractivity contribution in [3.8, 4) is 5.75 Å². The minimum atomic E-state index is 0.165. The molecule has 1 atom stereocenters. The Morgan fingerprint density at radius 2 is 1.77 bits per heavy atom. The maximum Gasteiger partial charge on any atom is 0.226 e. The highest BCUT2D eigenvalue weighted by Crippen LogP contribution is 2.23. The molecular weight excluding hydrogens is 274 g/mol. The van der Waals surface area contributed by atoms with Crippen LogP contribution >= 0.6 is 0 Å². The topological polar surface area (TPSA) is 29.5 Å². The number of ether oxygens (including phenoxy) is 1. The minimum Gasteiger partial charge on any atom is -0.493 e. The van der Waals surface area contributed by atoms with Gasteiger partial charge >= 0.3 is 0 Å². The first kappa shape index (κ1) is 14.6. The van der Waals surface area contributed by atoms with Crippen molar-refractivity contribution in [2.45, 2.75) is 32.4 Å². The molecule has 1 heterocycles. The quantitative estimate of drug-likeness (QED) is 0.865. The molecule has 0 radical (unpaired) electrons. The third-order valence-corrected chi connectivity index (χ3v) is 4.15. The highest BCUT2D eigenvalue weighted by molar-refractivity contribution is 5.77. The molecule has 2 aromatic rings. The first-order chi connectivity index (χ1) is 10.7. The molecule has 1 unspecified atom stereocenters. The van der Waals surface area contributed by atoms with Gasteiger partial charge in [-0.25, -0.2) is 0 Å². The van der Waals surface area contributed by atoms with Crippen LogP contribution in [0.15, 0.2) is 54.6 Å². The molecule has 3 heteroatoms. The predicted octanol–water partition coefficient (Wildman–Crippen LogP) is 3.43. The lowest BCUT2D eigenvalue weighted by molar-refractivity contribution is -0.134. The average Bonchev–Trinajstić information content (AvgIpc) is 2.55. The van der Waals surface area contributed by atoms with E-state index in [0.717, 1.165) is 12.2 Å². The zero-order valence-electron chi connectivity index (χ0n) is 12.9. The van der Waals surface area contributed by atoms with E-state index in [0.29, 0.717) is 19.6 Å². The zero-order valence-corrected chi connectivity index (χ0v) is 12.9. The number of amides is 1. The van der Waals surface area contributed by atoms with Gasteiger partial charge in [0, 0.05) is 12.6 Å². The van der Waals surface area contributed by atoms with Crippen molar-refractivity contribution in [1.29, 1.82) is 0 Å². The second-order valence-corrected chi connectivity index (χ2v) is 5.76. The fourth-order valence-corrected chi connectivity index (χ4v) is 2.93. The van der Waals surface area contributed by atoms with Crippen LogP contribution in [0.4, 0.5) is 0 Å². The number of benzene rings is 2. The molecule has 0 aromatic heterocycles. The normalized spacial score (nSPS) is 17.0. The summed E-state index contributed by atoms with van der Waals surface area (Å²) in [5, 5.41) is 0. The fourth-order valence-electron chi connectivity index (χ4n) is 2.93. The van der Waals surface area contributed by atoms with Gasteiger partial charge < -0.3 is 9.64 Å². The summed E-state index contributed by atoms with van der Waals surface area (Å²) in [6.45, 7) is 3.25. The SMILES string of the molecule is CC1Cc2ccccc2CN1C(=O)CCOc1ccccc1. The Morgan fingerprint density at radius 1 is 1.09 bits per heavy atom. The van der Waals surface area contributed by atoms with Crippen molar-refractivity contribution in [3.05, 3.63) is 65.7 Å². The summed E-state index contributed by atoms with van der Waals surface area (Å²) in [5.41, 5.74) is 2.62. The first-order valence-corrected chi connectivity index (χ1v) is 7.78. The maximum atomic E-state index is 12.5. The summed E-state index contributed by atoms with van der Waals surface area (Å²) in [6.07, 6.45) is 1.35. The van der Waals surface area contributed by atoms with Crippen molar-refractivity contribution in [3.63, 3.8) is 0 Å². The smallest absolute Gasteiger partial charge is 0.226 e. The number of hydrogen-bond acceptors (Lipinski definition) is 2. The molecule has 0 saturated carbocycles. The van der Waals surface area contributed by atoms with Gasteiger partial charge in [-0.2, -0.15) is 0 Å². The zero-order chi connectivity index (χ0) is 15.4. The number of hydrogen-bond donors (Lipinski definition) is 0. The lowest BCUT2D eigenvalue weighted by Gasteiger charge is -2.35. The molecule has 1 aliphatic heterocycles. The Kier molecular flexibility index (Phi) is 4.42. The predicted molar refractivity (Wildman–Crippen MR) is 86.7 cm³/mol. The van der Waals surface area contributed by atoms with Gasteiger partial charge in [-0.3, -0.25) is 4.79 Å². The van der Waals surface area contributed by atoms with Crippen LogP contribution in [0.3, 0.4) is 0 Å². The molecule has 0 N–H and O–H groups in total. The molecule has 0 fully saturated rings. The number of carbonyl (C=O) groups is 1. The first-order valence-electron chi connectivity index (χ1n) is 7.78. The summed E-state index contributed by atoms with van der Waals surface area (Å²) in [4.78, 5) is 14.4. The third kappa shape index (κ3) is 3.30. The lowest BCUT2D eigenvalue weighted by Crippen LogP contribution is -2.43. The summed E-state index contributed by atoms with van der Waals surface area (Å²) >= 11 is 0. The molecule has 0 bridgehead atoms. The van der Waals surface area contributed by atoms with Gasteiger partial charge in [0.1, 0.15) is 5.75 Å². The Hall–Kier alpha value is -2.29. The molecule has 0 aliphatic carbocycles. The molecule has 1 amide bonds. The van der Waals surface area contributed by atoms with E-state index in [9.17, 15) is 4.79 Å². The van der Waals surface area contributed by atoms with Crippen LogP contribution in [-0.4, -0.2) is 23.5 Å². The molecule has 3 nitrogen and oxygen atoms in total. The van der Waals surface area contributed by atoms with Crippen LogP contribution in [0.1, 0.15) is 24.5 Å². The Morgan fingerprint density at radius 3 is 2.55 bits per heavy atom. The van der Waals surface area contributed by atoms with Crippen LogP contribution in [-0.2, 0) is 17.8 Å². The Balaban J connectivity index is 1.56. The van der Waals surface area contributed by atoms with Crippen molar-refractivity contribution in [1.82, 2.24) is 4.90 Å². The number of carbonyl (C=O) groups excluding carboxylic acids is 1. The van der Waals surface area contributed by atoms with Crippen LogP contribution < -0.4 is 4.74 Å². The van der Waals surface area contributed by atoms with E-state index < -0.39 is 0 Å². The molecular formula is C19H21NO2. The number of rotatable bonds is 4. The van der Waals surface area contributed by atoms with Crippen molar-refractivity contribution in [2.75, 3.05) is 6.61 Å². The van der Waals surface area contributed by atoms with Gasteiger partial charge in [0.15, 0.2) is 0 Å². The highest BCUT2D eigenvalue weighted by Gasteiger charge is 2.26. The van der Waals surface area contributed by atoms with Gasteiger partial charge in [-0.15, -0.1) is 0 Å². The Bertz CT molecular complexity index is 639. The summed E-state index contributed by atoms with van der Waals surface area (Å²) in [6, 6.07) is 18.3. The summed E-state index contributed by atoms with van der Waals surface area (Å²) in [5.74, 6) is 0.977. The molecule has 0 spiro atoms. The van der Waals surface area contributed by atoms with E-state index in [1.54, 1.807) is 0 Å². The lowest BCUT2D eigenvalue weighted by atomic mass is 9.94. The molecule has 0 saturated heterocycles. The average molecular weight is 295 g/mol.